The summed E-state index contributed by atoms with van der Waals surface area (Å²) >= 11 is 7.02. The van der Waals surface area contributed by atoms with E-state index in [0.29, 0.717) is 12.1 Å². The molecule has 0 aliphatic heterocycles. The number of benzene rings is 1. The van der Waals surface area contributed by atoms with Crippen molar-refractivity contribution in [1.82, 2.24) is 4.90 Å². The number of halogens is 2. The highest BCUT2D eigenvalue weighted by Crippen LogP contribution is 2.23. The topological polar surface area (TPSA) is 40.5 Å². The van der Waals surface area contributed by atoms with Crippen LogP contribution in [0.3, 0.4) is 0 Å². The third kappa shape index (κ3) is 3.70. The Bertz CT molecular complexity index is 614. The van der Waals surface area contributed by atoms with Crippen molar-refractivity contribution in [2.45, 2.75) is 6.54 Å². The van der Waals surface area contributed by atoms with Gasteiger partial charge < -0.3 is 10.0 Å². The zero-order chi connectivity index (χ0) is 14.0. The summed E-state index contributed by atoms with van der Waals surface area (Å²) < 4.78 is 1.79. The summed E-state index contributed by atoms with van der Waals surface area (Å²) in [7, 11) is 1.75. The van der Waals surface area contributed by atoms with Crippen molar-refractivity contribution in [3.05, 3.63) is 48.1 Å². The number of rotatable bonds is 3. The maximum Gasteiger partial charge on any atom is 0.254 e. The minimum atomic E-state index is -0.103. The monoisotopic (exact) mass is 451 g/mol. The van der Waals surface area contributed by atoms with Crippen LogP contribution in [0.2, 0.25) is 0 Å². The van der Waals surface area contributed by atoms with Crippen LogP contribution in [0.1, 0.15) is 15.9 Å². The second-order valence-electron chi connectivity index (χ2n) is 4.09. The SMILES string of the molecule is CN(Cc1csc(Br)c1)C(=O)c1ccc(I)c(O)c1. The van der Waals surface area contributed by atoms with Gasteiger partial charge in [-0.3, -0.25) is 4.79 Å². The van der Waals surface area contributed by atoms with E-state index in [9.17, 15) is 9.90 Å². The molecule has 6 heteroatoms. The zero-order valence-corrected chi connectivity index (χ0v) is 14.6. The number of aromatic hydroxyl groups is 1. The van der Waals surface area contributed by atoms with Crippen LogP contribution in [-0.2, 0) is 6.54 Å². The van der Waals surface area contributed by atoms with Gasteiger partial charge in [-0.05, 0) is 73.7 Å². The first-order valence-electron chi connectivity index (χ1n) is 5.44. The first-order chi connectivity index (χ1) is 8.97. The van der Waals surface area contributed by atoms with Crippen molar-refractivity contribution >= 4 is 55.8 Å². The molecule has 1 N–H and O–H groups in total. The Morgan fingerprint density at radius 2 is 2.21 bits per heavy atom. The Morgan fingerprint density at radius 3 is 2.79 bits per heavy atom. The third-order valence-corrected chi connectivity index (χ3v) is 5.05. The molecule has 0 bridgehead atoms. The van der Waals surface area contributed by atoms with E-state index in [1.165, 1.54) is 6.07 Å². The standard InChI is InChI=1S/C13H11BrINO2S/c1-16(6-8-4-12(14)19-7-8)13(18)9-2-3-10(15)11(17)5-9/h2-5,7,17H,6H2,1H3. The van der Waals surface area contributed by atoms with Crippen LogP contribution >= 0.6 is 49.9 Å². The van der Waals surface area contributed by atoms with Crippen LogP contribution in [0.15, 0.2) is 33.4 Å². The van der Waals surface area contributed by atoms with Crippen molar-refractivity contribution in [2.24, 2.45) is 0 Å². The number of hydrogen-bond acceptors (Lipinski definition) is 3. The quantitative estimate of drug-likeness (QED) is 0.714. The maximum absolute atomic E-state index is 12.2. The molecule has 2 rings (SSSR count). The third-order valence-electron chi connectivity index (χ3n) is 2.58. The molecule has 0 aliphatic carbocycles. The smallest absolute Gasteiger partial charge is 0.254 e. The fourth-order valence-electron chi connectivity index (χ4n) is 1.64. The molecule has 19 heavy (non-hydrogen) atoms. The highest BCUT2D eigenvalue weighted by molar-refractivity contribution is 14.1. The van der Waals surface area contributed by atoms with E-state index in [4.69, 9.17) is 0 Å². The number of carbonyl (C=O) groups is 1. The predicted molar refractivity (Wildman–Crippen MR) is 88.6 cm³/mol. The molecule has 3 nitrogen and oxygen atoms in total. The highest BCUT2D eigenvalue weighted by Gasteiger charge is 2.14. The van der Waals surface area contributed by atoms with Gasteiger partial charge in [-0.1, -0.05) is 0 Å². The number of thiophene rings is 1. The van der Waals surface area contributed by atoms with Crippen LogP contribution in [-0.4, -0.2) is 23.0 Å². The van der Waals surface area contributed by atoms with Crippen molar-refractivity contribution in [1.29, 1.82) is 0 Å². The molecule has 1 aromatic carbocycles. The predicted octanol–water partition coefficient (Wildman–Crippen LogP) is 4.09. The molecule has 0 atom stereocenters. The van der Waals surface area contributed by atoms with Crippen LogP contribution in [0.25, 0.3) is 0 Å². The van der Waals surface area contributed by atoms with E-state index < -0.39 is 0 Å². The summed E-state index contributed by atoms with van der Waals surface area (Å²) in [5, 5.41) is 11.7. The van der Waals surface area contributed by atoms with E-state index in [2.05, 4.69) is 15.9 Å². The molecule has 1 aromatic heterocycles. The molecular formula is C13H11BrINO2S. The van der Waals surface area contributed by atoms with Gasteiger partial charge in [-0.25, -0.2) is 0 Å². The van der Waals surface area contributed by atoms with Crippen molar-refractivity contribution in [3.8, 4) is 5.75 Å². The largest absolute Gasteiger partial charge is 0.507 e. The van der Waals surface area contributed by atoms with Crippen LogP contribution in [0.4, 0.5) is 0 Å². The summed E-state index contributed by atoms with van der Waals surface area (Å²) in [6.45, 7) is 0.549. The van der Waals surface area contributed by atoms with E-state index in [0.717, 1.165) is 12.9 Å². The summed E-state index contributed by atoms with van der Waals surface area (Å²) in [5.74, 6) is 0.0344. The molecule has 100 valence electrons. The molecule has 0 radical (unpaired) electrons. The summed E-state index contributed by atoms with van der Waals surface area (Å²) in [6.07, 6.45) is 0. The Hall–Kier alpha value is -0.600. The average Bonchev–Trinajstić information content (AvgIpc) is 2.77. The summed E-state index contributed by atoms with van der Waals surface area (Å²) in [6, 6.07) is 6.96. The number of carbonyl (C=O) groups excluding carboxylic acids is 1. The van der Waals surface area contributed by atoms with Gasteiger partial charge in [0.1, 0.15) is 5.75 Å². The van der Waals surface area contributed by atoms with E-state index in [-0.39, 0.29) is 11.7 Å². The van der Waals surface area contributed by atoms with Crippen LogP contribution in [0, 0.1) is 3.57 Å². The van der Waals surface area contributed by atoms with Gasteiger partial charge in [0, 0.05) is 19.2 Å². The first-order valence-corrected chi connectivity index (χ1v) is 8.19. The van der Waals surface area contributed by atoms with Crippen LogP contribution < -0.4 is 0 Å². The lowest BCUT2D eigenvalue weighted by Gasteiger charge is -2.16. The van der Waals surface area contributed by atoms with Gasteiger partial charge in [-0.2, -0.15) is 0 Å². The number of amides is 1. The second-order valence-corrected chi connectivity index (χ2v) is 7.54. The molecule has 1 heterocycles. The Morgan fingerprint density at radius 1 is 1.47 bits per heavy atom. The zero-order valence-electron chi connectivity index (χ0n) is 10.1. The first kappa shape index (κ1) is 14.8. The highest BCUT2D eigenvalue weighted by atomic mass is 127. The normalized spacial score (nSPS) is 10.5. The molecule has 0 saturated heterocycles. The van der Waals surface area contributed by atoms with Crippen LogP contribution in [0.5, 0.6) is 5.75 Å². The Kier molecular flexibility index (Phi) is 4.86. The van der Waals surface area contributed by atoms with E-state index >= 15 is 0 Å². The minimum Gasteiger partial charge on any atom is -0.507 e. The Balaban J connectivity index is 2.12. The number of nitrogens with zero attached hydrogens (tertiary/aromatic N) is 1. The molecule has 2 aromatic rings. The maximum atomic E-state index is 12.2. The summed E-state index contributed by atoms with van der Waals surface area (Å²) in [5.41, 5.74) is 1.58. The van der Waals surface area contributed by atoms with Gasteiger partial charge in [0.05, 0.1) is 7.36 Å². The lowest BCUT2D eigenvalue weighted by Crippen LogP contribution is -2.25. The lowest BCUT2D eigenvalue weighted by atomic mass is 10.2. The number of phenolic OH excluding ortho intramolecular Hbond substituents is 1. The molecule has 0 spiro atoms. The molecule has 1 amide bonds. The molecule has 0 unspecified atom stereocenters. The van der Waals surface area contributed by atoms with Gasteiger partial charge >= 0.3 is 0 Å². The van der Waals surface area contributed by atoms with Gasteiger partial charge in [0.25, 0.3) is 5.91 Å². The average molecular weight is 452 g/mol. The summed E-state index contributed by atoms with van der Waals surface area (Å²) in [4.78, 5) is 13.9. The number of hydrogen-bond donors (Lipinski definition) is 1. The molecule has 0 saturated carbocycles. The Labute approximate surface area is 137 Å². The van der Waals surface area contributed by atoms with E-state index in [1.54, 1.807) is 35.4 Å². The van der Waals surface area contributed by atoms with Gasteiger partial charge in [0.2, 0.25) is 0 Å². The second kappa shape index (κ2) is 6.23. The fraction of sp³-hybridized carbons (Fsp3) is 0.154. The fourth-order valence-corrected chi connectivity index (χ4v) is 3.18. The molecule has 0 aliphatic rings. The van der Waals surface area contributed by atoms with Crippen molar-refractivity contribution < 1.29 is 9.90 Å². The minimum absolute atomic E-state index is 0.103. The van der Waals surface area contributed by atoms with E-state index in [1.807, 2.05) is 34.0 Å². The lowest BCUT2D eigenvalue weighted by molar-refractivity contribution is 0.0785. The van der Waals surface area contributed by atoms with Gasteiger partial charge in [-0.15, -0.1) is 11.3 Å². The van der Waals surface area contributed by atoms with Crippen molar-refractivity contribution in [2.75, 3.05) is 7.05 Å². The van der Waals surface area contributed by atoms with Gasteiger partial charge in [0.15, 0.2) is 0 Å². The number of phenols is 1. The molecule has 0 fully saturated rings. The van der Waals surface area contributed by atoms with Crippen molar-refractivity contribution in [3.63, 3.8) is 0 Å². The molecular weight excluding hydrogens is 441 g/mol.